The fourth-order valence-electron chi connectivity index (χ4n) is 2.20. The van der Waals surface area contributed by atoms with Crippen LogP contribution in [0.5, 0.6) is 0 Å². The molecular weight excluding hydrogens is 236 g/mol. The van der Waals surface area contributed by atoms with Crippen molar-refractivity contribution < 1.29 is 4.74 Å². The van der Waals surface area contributed by atoms with Crippen LogP contribution in [0.25, 0.3) is 0 Å². The minimum Gasteiger partial charge on any atom is -0.377 e. The van der Waals surface area contributed by atoms with Crippen molar-refractivity contribution >= 4 is 17.3 Å². The normalized spacial score (nSPS) is 19.4. The van der Waals surface area contributed by atoms with Crippen molar-refractivity contribution in [2.45, 2.75) is 25.9 Å². The van der Waals surface area contributed by atoms with E-state index in [1.807, 2.05) is 12.1 Å². The Bertz CT molecular complexity index is 406. The fourth-order valence-corrected chi connectivity index (χ4v) is 2.51. The monoisotopic (exact) mass is 254 g/mol. The van der Waals surface area contributed by atoms with Crippen LogP contribution in [0, 0.1) is 0 Å². The van der Waals surface area contributed by atoms with Crippen LogP contribution >= 0.6 is 11.6 Å². The molecule has 0 saturated carbocycles. The molecule has 94 valence electrons. The first-order valence-electron chi connectivity index (χ1n) is 5.88. The van der Waals surface area contributed by atoms with Crippen molar-refractivity contribution in [3.8, 4) is 0 Å². The van der Waals surface area contributed by atoms with Gasteiger partial charge >= 0.3 is 0 Å². The maximum Gasteiger partial charge on any atom is 0.0694 e. The second kappa shape index (κ2) is 4.84. The van der Waals surface area contributed by atoms with Crippen LogP contribution in [0.2, 0.25) is 5.02 Å². The van der Waals surface area contributed by atoms with E-state index in [0.29, 0.717) is 6.54 Å². The predicted molar refractivity (Wildman–Crippen MR) is 71.6 cm³/mol. The summed E-state index contributed by atoms with van der Waals surface area (Å²) in [7, 11) is 0. The quantitative estimate of drug-likeness (QED) is 0.881. The Morgan fingerprint density at radius 3 is 2.82 bits per heavy atom. The van der Waals surface area contributed by atoms with Crippen molar-refractivity contribution in [2.24, 2.45) is 5.73 Å². The highest BCUT2D eigenvalue weighted by atomic mass is 35.5. The number of hydrogen-bond acceptors (Lipinski definition) is 3. The smallest absolute Gasteiger partial charge is 0.0694 e. The van der Waals surface area contributed by atoms with Gasteiger partial charge in [0.25, 0.3) is 0 Å². The largest absolute Gasteiger partial charge is 0.377 e. The molecule has 2 rings (SSSR count). The van der Waals surface area contributed by atoms with Gasteiger partial charge in [0.15, 0.2) is 0 Å². The van der Waals surface area contributed by atoms with Gasteiger partial charge in [-0.05, 0) is 31.5 Å². The summed E-state index contributed by atoms with van der Waals surface area (Å²) in [5, 5.41) is 0.767. The topological polar surface area (TPSA) is 38.5 Å². The molecule has 0 bridgehead atoms. The average molecular weight is 255 g/mol. The molecule has 17 heavy (non-hydrogen) atoms. The summed E-state index contributed by atoms with van der Waals surface area (Å²) in [5.41, 5.74) is 7.71. The maximum atomic E-state index is 6.33. The number of rotatable bonds is 2. The maximum absolute atomic E-state index is 6.33. The van der Waals surface area contributed by atoms with Crippen molar-refractivity contribution in [3.05, 3.63) is 28.8 Å². The Labute approximate surface area is 107 Å². The SMILES string of the molecule is CC1(C)COCCN1c1ccc(CN)cc1Cl. The first-order chi connectivity index (χ1) is 8.04. The number of morpholine rings is 1. The van der Waals surface area contributed by atoms with E-state index in [4.69, 9.17) is 22.1 Å². The van der Waals surface area contributed by atoms with E-state index in [9.17, 15) is 0 Å². The lowest BCUT2D eigenvalue weighted by molar-refractivity contribution is 0.0644. The third-order valence-electron chi connectivity index (χ3n) is 3.18. The third-order valence-corrected chi connectivity index (χ3v) is 3.49. The van der Waals surface area contributed by atoms with Gasteiger partial charge in [0.2, 0.25) is 0 Å². The molecule has 0 spiro atoms. The molecule has 0 unspecified atom stereocenters. The van der Waals surface area contributed by atoms with E-state index in [2.05, 4.69) is 24.8 Å². The zero-order valence-corrected chi connectivity index (χ0v) is 11.1. The second-order valence-corrected chi connectivity index (χ2v) is 5.41. The number of hydrogen-bond donors (Lipinski definition) is 1. The minimum absolute atomic E-state index is 0.0217. The van der Waals surface area contributed by atoms with E-state index in [0.717, 1.165) is 36.0 Å². The van der Waals surface area contributed by atoms with Gasteiger partial charge in [-0.25, -0.2) is 0 Å². The Morgan fingerprint density at radius 1 is 1.47 bits per heavy atom. The summed E-state index contributed by atoms with van der Waals surface area (Å²) in [6.45, 7) is 7.19. The minimum atomic E-state index is -0.0217. The molecule has 0 atom stereocenters. The highest BCUT2D eigenvalue weighted by Gasteiger charge is 2.31. The highest BCUT2D eigenvalue weighted by Crippen LogP contribution is 2.33. The first kappa shape index (κ1) is 12.7. The van der Waals surface area contributed by atoms with Crippen molar-refractivity contribution in [2.75, 3.05) is 24.7 Å². The second-order valence-electron chi connectivity index (χ2n) is 5.01. The van der Waals surface area contributed by atoms with E-state index in [-0.39, 0.29) is 5.54 Å². The summed E-state index contributed by atoms with van der Waals surface area (Å²) in [5.74, 6) is 0. The molecule has 0 radical (unpaired) electrons. The van der Waals surface area contributed by atoms with Crippen LogP contribution in [0.1, 0.15) is 19.4 Å². The van der Waals surface area contributed by atoms with Crippen LogP contribution in [-0.2, 0) is 11.3 Å². The molecule has 0 amide bonds. The highest BCUT2D eigenvalue weighted by molar-refractivity contribution is 6.33. The van der Waals surface area contributed by atoms with Crippen molar-refractivity contribution in [1.29, 1.82) is 0 Å². The molecule has 0 aliphatic carbocycles. The summed E-state index contributed by atoms with van der Waals surface area (Å²) >= 11 is 6.33. The average Bonchev–Trinajstić information content (AvgIpc) is 2.29. The molecule has 1 heterocycles. The Hall–Kier alpha value is -0.770. The summed E-state index contributed by atoms with van der Waals surface area (Å²) < 4.78 is 5.52. The molecular formula is C13H19ClN2O. The van der Waals surface area contributed by atoms with Crippen LogP contribution in [0.15, 0.2) is 18.2 Å². The van der Waals surface area contributed by atoms with Gasteiger partial charge in [-0.3, -0.25) is 0 Å². The molecule has 0 aromatic heterocycles. The lowest BCUT2D eigenvalue weighted by Crippen LogP contribution is -2.53. The van der Waals surface area contributed by atoms with E-state index >= 15 is 0 Å². The van der Waals surface area contributed by atoms with Gasteiger partial charge in [0.1, 0.15) is 0 Å². The van der Waals surface area contributed by atoms with E-state index in [1.54, 1.807) is 0 Å². The molecule has 4 heteroatoms. The predicted octanol–water partition coefficient (Wildman–Crippen LogP) is 2.41. The zero-order chi connectivity index (χ0) is 12.5. The number of anilines is 1. The van der Waals surface area contributed by atoms with Gasteiger partial charge in [0.05, 0.1) is 29.5 Å². The number of ether oxygens (including phenoxy) is 1. The summed E-state index contributed by atoms with van der Waals surface area (Å²) in [4.78, 5) is 2.30. The Kier molecular flexibility index (Phi) is 3.61. The van der Waals surface area contributed by atoms with Crippen LogP contribution in [0.3, 0.4) is 0 Å². The van der Waals surface area contributed by atoms with Gasteiger partial charge in [-0.2, -0.15) is 0 Å². The van der Waals surface area contributed by atoms with Gasteiger partial charge < -0.3 is 15.4 Å². The van der Waals surface area contributed by atoms with Crippen LogP contribution in [0.4, 0.5) is 5.69 Å². The third kappa shape index (κ3) is 2.57. The van der Waals surface area contributed by atoms with Crippen LogP contribution in [-0.4, -0.2) is 25.3 Å². The Morgan fingerprint density at radius 2 is 2.24 bits per heavy atom. The first-order valence-corrected chi connectivity index (χ1v) is 6.26. The van der Waals surface area contributed by atoms with Crippen molar-refractivity contribution in [3.63, 3.8) is 0 Å². The lowest BCUT2D eigenvalue weighted by Gasteiger charge is -2.44. The Balaban J connectivity index is 2.32. The van der Waals surface area contributed by atoms with Crippen molar-refractivity contribution in [1.82, 2.24) is 0 Å². The lowest BCUT2D eigenvalue weighted by atomic mass is 10.0. The molecule has 1 aliphatic rings. The molecule has 2 N–H and O–H groups in total. The standard InChI is InChI=1S/C13H19ClN2O/c1-13(2)9-17-6-5-16(13)12-4-3-10(8-15)7-11(12)14/h3-4,7H,5-6,8-9,15H2,1-2H3. The molecule has 1 aromatic carbocycles. The van der Waals surface area contributed by atoms with E-state index < -0.39 is 0 Å². The number of nitrogens with zero attached hydrogens (tertiary/aromatic N) is 1. The molecule has 1 aliphatic heterocycles. The number of benzene rings is 1. The molecule has 1 aromatic rings. The zero-order valence-electron chi connectivity index (χ0n) is 10.4. The summed E-state index contributed by atoms with van der Waals surface area (Å²) in [6, 6.07) is 6.03. The summed E-state index contributed by atoms with van der Waals surface area (Å²) in [6.07, 6.45) is 0. The number of halogens is 1. The van der Waals surface area contributed by atoms with E-state index in [1.165, 1.54) is 0 Å². The molecule has 1 fully saturated rings. The van der Waals surface area contributed by atoms with Gasteiger partial charge in [0, 0.05) is 13.1 Å². The fraction of sp³-hybridized carbons (Fsp3) is 0.538. The molecule has 1 saturated heterocycles. The molecule has 3 nitrogen and oxygen atoms in total. The van der Waals surface area contributed by atoms with Gasteiger partial charge in [-0.1, -0.05) is 17.7 Å². The van der Waals surface area contributed by atoms with Crippen LogP contribution < -0.4 is 10.6 Å². The number of nitrogens with two attached hydrogens (primary N) is 1. The van der Waals surface area contributed by atoms with Gasteiger partial charge in [-0.15, -0.1) is 0 Å².